The third-order valence-electron chi connectivity index (χ3n) is 4.95. The maximum absolute atomic E-state index is 12.9. The Hall–Kier alpha value is -1.39. The summed E-state index contributed by atoms with van der Waals surface area (Å²) >= 11 is 0. The first-order valence-corrected chi connectivity index (χ1v) is 8.36. The van der Waals surface area contributed by atoms with Crippen LogP contribution in [0.15, 0.2) is 30.3 Å². The fourth-order valence-electron chi connectivity index (χ4n) is 3.74. The zero-order chi connectivity index (χ0) is 15.4. The summed E-state index contributed by atoms with van der Waals surface area (Å²) in [6.45, 7) is 4.50. The number of carbonyl (C=O) groups excluding carboxylic acids is 1. The second kappa shape index (κ2) is 7.25. The van der Waals surface area contributed by atoms with Crippen molar-refractivity contribution < 1.29 is 9.53 Å². The van der Waals surface area contributed by atoms with Crippen LogP contribution in [0.4, 0.5) is 0 Å². The first kappa shape index (κ1) is 15.5. The van der Waals surface area contributed by atoms with Crippen LogP contribution in [0.2, 0.25) is 0 Å². The van der Waals surface area contributed by atoms with Crippen molar-refractivity contribution >= 4 is 5.91 Å². The smallest absolute Gasteiger partial charge is 0.227 e. The molecule has 0 saturated carbocycles. The van der Waals surface area contributed by atoms with Gasteiger partial charge in [0.25, 0.3) is 0 Å². The van der Waals surface area contributed by atoms with Gasteiger partial charge in [-0.15, -0.1) is 0 Å². The van der Waals surface area contributed by atoms with Crippen molar-refractivity contribution in [2.45, 2.75) is 25.3 Å². The van der Waals surface area contributed by atoms with E-state index in [1.54, 1.807) is 7.11 Å². The summed E-state index contributed by atoms with van der Waals surface area (Å²) in [5.41, 5.74) is 1.28. The molecular formula is C18H26N2O2. The molecule has 22 heavy (non-hydrogen) atoms. The summed E-state index contributed by atoms with van der Waals surface area (Å²) in [6.07, 6.45) is 3.20. The van der Waals surface area contributed by atoms with Crippen molar-refractivity contribution in [1.29, 1.82) is 0 Å². The zero-order valence-electron chi connectivity index (χ0n) is 13.4. The van der Waals surface area contributed by atoms with Gasteiger partial charge in [-0.2, -0.15) is 0 Å². The minimum Gasteiger partial charge on any atom is -0.383 e. The van der Waals surface area contributed by atoms with Crippen LogP contribution in [0.3, 0.4) is 0 Å². The van der Waals surface area contributed by atoms with E-state index in [9.17, 15) is 4.79 Å². The van der Waals surface area contributed by atoms with Crippen LogP contribution in [0.5, 0.6) is 0 Å². The highest BCUT2D eigenvalue weighted by molar-refractivity contribution is 5.80. The number of benzene rings is 1. The highest BCUT2D eigenvalue weighted by Gasteiger charge is 2.36. The van der Waals surface area contributed by atoms with Gasteiger partial charge < -0.3 is 14.5 Å². The molecule has 2 fully saturated rings. The standard InChI is InChI=1S/C18H26N2O2/c1-22-13-12-19-11-9-16(14-19)18(21)20-10-5-8-17(20)15-6-3-2-4-7-15/h2-4,6-7,16-17H,5,8-14H2,1H3/t16-,17-/m0/s1. The van der Waals surface area contributed by atoms with Gasteiger partial charge in [0.2, 0.25) is 5.91 Å². The number of nitrogens with zero attached hydrogens (tertiary/aromatic N) is 2. The molecule has 1 aromatic carbocycles. The minimum atomic E-state index is 0.168. The monoisotopic (exact) mass is 302 g/mol. The lowest BCUT2D eigenvalue weighted by molar-refractivity contribution is -0.136. The maximum atomic E-state index is 12.9. The SMILES string of the molecule is COCCN1CC[C@H](C(=O)N2CCC[C@H]2c2ccccc2)C1. The van der Waals surface area contributed by atoms with Crippen molar-refractivity contribution in [2.75, 3.05) is 39.9 Å². The lowest BCUT2D eigenvalue weighted by Gasteiger charge is -2.28. The maximum Gasteiger partial charge on any atom is 0.227 e. The Kier molecular flexibility index (Phi) is 5.11. The molecule has 0 aromatic heterocycles. The van der Waals surface area contributed by atoms with Crippen LogP contribution in [-0.2, 0) is 9.53 Å². The number of methoxy groups -OCH3 is 1. The normalized spacial score (nSPS) is 25.8. The lowest BCUT2D eigenvalue weighted by Crippen LogP contribution is -2.37. The predicted molar refractivity (Wildman–Crippen MR) is 86.6 cm³/mol. The Labute approximate surface area is 133 Å². The van der Waals surface area contributed by atoms with Crippen LogP contribution in [0.25, 0.3) is 0 Å². The number of ether oxygens (including phenoxy) is 1. The molecule has 1 amide bonds. The number of hydrogen-bond acceptors (Lipinski definition) is 3. The molecule has 2 aliphatic rings. The van der Waals surface area contributed by atoms with Gasteiger partial charge in [0.05, 0.1) is 18.6 Å². The van der Waals surface area contributed by atoms with Gasteiger partial charge in [0.15, 0.2) is 0 Å². The van der Waals surface area contributed by atoms with Crippen molar-refractivity contribution in [1.82, 2.24) is 9.80 Å². The van der Waals surface area contributed by atoms with Crippen LogP contribution in [0.1, 0.15) is 30.9 Å². The first-order valence-electron chi connectivity index (χ1n) is 8.36. The van der Waals surface area contributed by atoms with Crippen molar-refractivity contribution in [3.8, 4) is 0 Å². The summed E-state index contributed by atoms with van der Waals surface area (Å²) in [7, 11) is 1.73. The molecule has 4 heteroatoms. The van der Waals surface area contributed by atoms with Crippen LogP contribution in [0, 0.1) is 5.92 Å². The predicted octanol–water partition coefficient (Wildman–Crippen LogP) is 2.32. The van der Waals surface area contributed by atoms with Gasteiger partial charge in [0, 0.05) is 26.7 Å². The Morgan fingerprint density at radius 1 is 1.23 bits per heavy atom. The number of carbonyl (C=O) groups is 1. The van der Waals surface area contributed by atoms with E-state index in [-0.39, 0.29) is 12.0 Å². The van der Waals surface area contributed by atoms with E-state index in [2.05, 4.69) is 34.1 Å². The number of rotatable bonds is 5. The van der Waals surface area contributed by atoms with E-state index < -0.39 is 0 Å². The van der Waals surface area contributed by atoms with Crippen LogP contribution < -0.4 is 0 Å². The van der Waals surface area contributed by atoms with Gasteiger partial charge in [-0.05, 0) is 31.4 Å². The summed E-state index contributed by atoms with van der Waals surface area (Å²) in [4.78, 5) is 17.4. The van der Waals surface area contributed by atoms with Crippen LogP contribution >= 0.6 is 0 Å². The van der Waals surface area contributed by atoms with Gasteiger partial charge in [-0.3, -0.25) is 4.79 Å². The van der Waals surface area contributed by atoms with Crippen molar-refractivity contribution in [2.24, 2.45) is 5.92 Å². The summed E-state index contributed by atoms with van der Waals surface area (Å²) in [6, 6.07) is 10.7. The first-order chi connectivity index (χ1) is 10.8. The number of likely N-dealkylation sites (tertiary alicyclic amines) is 2. The number of amides is 1. The molecule has 2 aliphatic heterocycles. The van der Waals surface area contributed by atoms with E-state index in [1.807, 2.05) is 6.07 Å². The highest BCUT2D eigenvalue weighted by atomic mass is 16.5. The van der Waals surface area contributed by atoms with E-state index in [4.69, 9.17) is 4.74 Å². The molecule has 0 bridgehead atoms. The molecule has 3 rings (SSSR count). The molecule has 1 aromatic rings. The summed E-state index contributed by atoms with van der Waals surface area (Å²) in [5, 5.41) is 0. The van der Waals surface area contributed by atoms with E-state index >= 15 is 0 Å². The molecule has 2 atom stereocenters. The van der Waals surface area contributed by atoms with Gasteiger partial charge in [-0.1, -0.05) is 30.3 Å². The topological polar surface area (TPSA) is 32.8 Å². The molecule has 0 aliphatic carbocycles. The molecule has 120 valence electrons. The second-order valence-corrected chi connectivity index (χ2v) is 6.38. The highest BCUT2D eigenvalue weighted by Crippen LogP contribution is 2.34. The average Bonchev–Trinajstić information content (AvgIpc) is 3.22. The fraction of sp³-hybridized carbons (Fsp3) is 0.611. The Morgan fingerprint density at radius 3 is 2.82 bits per heavy atom. The average molecular weight is 302 g/mol. The quantitative estimate of drug-likeness (QED) is 0.837. The second-order valence-electron chi connectivity index (χ2n) is 6.38. The molecule has 0 N–H and O–H groups in total. The lowest BCUT2D eigenvalue weighted by atomic mass is 10.0. The fourth-order valence-corrected chi connectivity index (χ4v) is 3.74. The summed E-state index contributed by atoms with van der Waals surface area (Å²) < 4.78 is 5.14. The Bertz CT molecular complexity index is 491. The number of hydrogen-bond donors (Lipinski definition) is 0. The molecule has 0 unspecified atom stereocenters. The Balaban J connectivity index is 1.62. The largest absolute Gasteiger partial charge is 0.383 e. The van der Waals surface area contributed by atoms with Crippen molar-refractivity contribution in [3.63, 3.8) is 0 Å². The van der Waals surface area contributed by atoms with Gasteiger partial charge >= 0.3 is 0 Å². The van der Waals surface area contributed by atoms with E-state index in [1.165, 1.54) is 5.56 Å². The van der Waals surface area contributed by atoms with Crippen molar-refractivity contribution in [3.05, 3.63) is 35.9 Å². The molecule has 2 saturated heterocycles. The molecule has 4 nitrogen and oxygen atoms in total. The van der Waals surface area contributed by atoms with E-state index in [0.717, 1.165) is 52.0 Å². The van der Waals surface area contributed by atoms with Crippen LogP contribution in [-0.4, -0.2) is 55.6 Å². The third kappa shape index (κ3) is 3.33. The molecular weight excluding hydrogens is 276 g/mol. The molecule has 0 radical (unpaired) electrons. The van der Waals surface area contributed by atoms with Gasteiger partial charge in [0.1, 0.15) is 0 Å². The van der Waals surface area contributed by atoms with E-state index in [0.29, 0.717) is 5.91 Å². The van der Waals surface area contributed by atoms with Gasteiger partial charge in [-0.25, -0.2) is 0 Å². The third-order valence-corrected chi connectivity index (χ3v) is 4.95. The molecule has 2 heterocycles. The zero-order valence-corrected chi connectivity index (χ0v) is 13.4. The Morgan fingerprint density at radius 2 is 2.05 bits per heavy atom. The minimum absolute atomic E-state index is 0.168. The molecule has 0 spiro atoms. The summed E-state index contributed by atoms with van der Waals surface area (Å²) in [5.74, 6) is 0.521.